The number of hydrogen-bond acceptors (Lipinski definition) is 8. The van der Waals surface area contributed by atoms with Crippen molar-refractivity contribution in [2.75, 3.05) is 37.8 Å². The lowest BCUT2D eigenvalue weighted by molar-refractivity contribution is -0.137. The number of benzene rings is 2. The zero-order valence-electron chi connectivity index (χ0n) is 19.9. The summed E-state index contributed by atoms with van der Waals surface area (Å²) in [5.74, 6) is -2.60. The van der Waals surface area contributed by atoms with Crippen molar-refractivity contribution in [1.29, 1.82) is 0 Å². The fourth-order valence-corrected chi connectivity index (χ4v) is 7.62. The molecule has 4 heterocycles. The molecule has 1 N–H and O–H groups in total. The van der Waals surface area contributed by atoms with Gasteiger partial charge in [-0.3, -0.25) is 19.2 Å². The Kier molecular flexibility index (Phi) is 6.54. The second-order valence-corrected chi connectivity index (χ2v) is 11.2. The summed E-state index contributed by atoms with van der Waals surface area (Å²) < 4.78 is 24.8. The number of nitrogens with zero attached hydrogens (tertiary/aromatic N) is 2. The van der Waals surface area contributed by atoms with E-state index < -0.39 is 34.7 Å². The van der Waals surface area contributed by atoms with Crippen molar-refractivity contribution in [2.45, 2.75) is 16.2 Å². The highest BCUT2D eigenvalue weighted by molar-refractivity contribution is 8.00. The highest BCUT2D eigenvalue weighted by Gasteiger charge is 2.56. The molecule has 2 aromatic carbocycles. The minimum atomic E-state index is -0.823. The zero-order valence-corrected chi connectivity index (χ0v) is 21.6. The molecule has 0 bridgehead atoms. The predicted molar refractivity (Wildman–Crippen MR) is 138 cm³/mol. The van der Waals surface area contributed by atoms with Gasteiger partial charge < -0.3 is 19.4 Å². The fraction of sp³-hybridized carbons (Fsp3) is 0.308. The van der Waals surface area contributed by atoms with E-state index in [1.165, 1.54) is 24.3 Å². The molecule has 3 amide bonds. The Bertz CT molecular complexity index is 1470. The van der Waals surface area contributed by atoms with Crippen LogP contribution in [0.3, 0.4) is 0 Å². The van der Waals surface area contributed by atoms with Crippen LogP contribution in [0.5, 0.6) is 5.75 Å². The van der Waals surface area contributed by atoms with E-state index in [1.54, 1.807) is 29.2 Å². The topological polar surface area (TPSA) is 109 Å². The molecule has 0 aliphatic carbocycles. The normalized spacial score (nSPS) is 22.8. The number of halogens is 1. The number of hydrogen-bond donors (Lipinski definition) is 1. The van der Waals surface area contributed by atoms with Gasteiger partial charge >= 0.3 is 4.87 Å². The first-order chi connectivity index (χ1) is 18.4. The number of aromatic amines is 1. The van der Waals surface area contributed by atoms with Gasteiger partial charge in [-0.1, -0.05) is 41.3 Å². The molecule has 9 nitrogen and oxygen atoms in total. The van der Waals surface area contributed by atoms with Crippen molar-refractivity contribution in [1.82, 2.24) is 9.88 Å². The van der Waals surface area contributed by atoms with Crippen LogP contribution in [0.2, 0.25) is 0 Å². The second kappa shape index (κ2) is 10.0. The number of para-hydroxylation sites is 1. The lowest BCUT2D eigenvalue weighted by atomic mass is 9.82. The molecule has 196 valence electrons. The quantitative estimate of drug-likeness (QED) is 0.482. The van der Waals surface area contributed by atoms with Crippen LogP contribution in [-0.2, 0) is 19.1 Å². The first-order valence-electron chi connectivity index (χ1n) is 12.0. The number of amides is 3. The highest BCUT2D eigenvalue weighted by atomic mass is 32.2. The van der Waals surface area contributed by atoms with E-state index in [0.717, 1.165) is 28.0 Å². The molecule has 3 aromatic rings. The molecule has 38 heavy (non-hydrogen) atoms. The maximum absolute atomic E-state index is 13.8. The van der Waals surface area contributed by atoms with Gasteiger partial charge in [0.05, 0.1) is 29.8 Å². The van der Waals surface area contributed by atoms with Gasteiger partial charge in [0, 0.05) is 29.4 Å². The van der Waals surface area contributed by atoms with E-state index in [9.17, 15) is 23.6 Å². The number of nitrogens with one attached hydrogen (secondary N) is 1. The molecule has 2 unspecified atom stereocenters. The minimum absolute atomic E-state index is 0.179. The second-order valence-electron chi connectivity index (χ2n) is 9.06. The summed E-state index contributed by atoms with van der Waals surface area (Å²) in [7, 11) is 0. The van der Waals surface area contributed by atoms with E-state index >= 15 is 0 Å². The largest absolute Gasteiger partial charge is 0.483 e. The Balaban J connectivity index is 1.36. The summed E-state index contributed by atoms with van der Waals surface area (Å²) in [6, 6.07) is 12.3. The molecule has 1 aromatic heterocycles. The number of thioether (sulfide) groups is 1. The van der Waals surface area contributed by atoms with Crippen LogP contribution in [0, 0.1) is 11.7 Å². The number of H-pyrrole nitrogens is 1. The van der Waals surface area contributed by atoms with E-state index in [-0.39, 0.29) is 23.1 Å². The molecule has 3 atom stereocenters. The first kappa shape index (κ1) is 24.8. The van der Waals surface area contributed by atoms with Crippen molar-refractivity contribution in [2.24, 2.45) is 5.92 Å². The van der Waals surface area contributed by atoms with Crippen LogP contribution in [0.15, 0.2) is 58.4 Å². The maximum atomic E-state index is 13.8. The van der Waals surface area contributed by atoms with Crippen molar-refractivity contribution in [3.05, 3.63) is 74.5 Å². The Morgan fingerprint density at radius 3 is 2.55 bits per heavy atom. The number of rotatable bonds is 5. The number of anilines is 1. The van der Waals surface area contributed by atoms with Crippen LogP contribution >= 0.6 is 23.1 Å². The van der Waals surface area contributed by atoms with E-state index in [1.807, 2.05) is 0 Å². The van der Waals surface area contributed by atoms with Gasteiger partial charge in [-0.05, 0) is 30.3 Å². The Morgan fingerprint density at radius 1 is 1.05 bits per heavy atom. The molecule has 3 aliphatic rings. The van der Waals surface area contributed by atoms with Crippen LogP contribution in [0.1, 0.15) is 16.4 Å². The van der Waals surface area contributed by atoms with Crippen LogP contribution in [0.25, 0.3) is 0 Å². The third-order valence-corrected chi connectivity index (χ3v) is 9.28. The molecule has 2 saturated heterocycles. The Labute approximate surface area is 224 Å². The number of thiazole rings is 1. The minimum Gasteiger partial charge on any atom is -0.483 e. The molecule has 0 radical (unpaired) electrons. The summed E-state index contributed by atoms with van der Waals surface area (Å²) in [6.45, 7) is 1.73. The van der Waals surface area contributed by atoms with Crippen LogP contribution < -0.4 is 14.5 Å². The van der Waals surface area contributed by atoms with Gasteiger partial charge in [0.25, 0.3) is 5.91 Å². The number of carbonyl (C=O) groups is 3. The van der Waals surface area contributed by atoms with Crippen molar-refractivity contribution in [3.63, 3.8) is 0 Å². The molecule has 2 fully saturated rings. The summed E-state index contributed by atoms with van der Waals surface area (Å²) in [5.41, 5.74) is 0.892. The fourth-order valence-electron chi connectivity index (χ4n) is 5.11. The monoisotopic (exact) mass is 555 g/mol. The van der Waals surface area contributed by atoms with Gasteiger partial charge in [0.2, 0.25) is 11.8 Å². The van der Waals surface area contributed by atoms with Gasteiger partial charge in [0.1, 0.15) is 16.8 Å². The predicted octanol–water partition coefficient (Wildman–Crippen LogP) is 2.61. The highest BCUT2D eigenvalue weighted by Crippen LogP contribution is 2.54. The Hall–Kier alpha value is -3.48. The first-order valence-corrected chi connectivity index (χ1v) is 13.7. The summed E-state index contributed by atoms with van der Waals surface area (Å²) in [6.07, 6.45) is 0. The molecule has 0 saturated carbocycles. The third kappa shape index (κ3) is 4.32. The molecule has 6 rings (SSSR count). The molecule has 0 spiro atoms. The SMILES string of the molecule is O=C(COc1ccccc1[C@H]1c2sc(=O)[nH]c2SC2C(=O)N(c3ccc(F)cc3)C(=O)C21)N1CCOCC1. The lowest BCUT2D eigenvalue weighted by Crippen LogP contribution is -2.43. The van der Waals surface area contributed by atoms with E-state index in [2.05, 4.69) is 4.98 Å². The van der Waals surface area contributed by atoms with Gasteiger partial charge in [-0.15, -0.1) is 0 Å². The van der Waals surface area contributed by atoms with Crippen molar-refractivity contribution in [3.8, 4) is 5.75 Å². The van der Waals surface area contributed by atoms with Crippen LogP contribution in [-0.4, -0.2) is 65.8 Å². The summed E-state index contributed by atoms with van der Waals surface area (Å²) in [4.78, 5) is 58.3. The van der Waals surface area contributed by atoms with Crippen molar-refractivity contribution < 1.29 is 28.2 Å². The lowest BCUT2D eigenvalue weighted by Gasteiger charge is -2.31. The Morgan fingerprint density at radius 2 is 1.79 bits per heavy atom. The van der Waals surface area contributed by atoms with Crippen molar-refractivity contribution >= 4 is 46.5 Å². The number of aromatic nitrogens is 1. The third-order valence-electron chi connectivity index (χ3n) is 6.88. The van der Waals surface area contributed by atoms with E-state index in [4.69, 9.17) is 9.47 Å². The number of imide groups is 1. The van der Waals surface area contributed by atoms with Crippen LogP contribution in [0.4, 0.5) is 10.1 Å². The van der Waals surface area contributed by atoms with Gasteiger partial charge in [0.15, 0.2) is 6.61 Å². The van der Waals surface area contributed by atoms with Gasteiger partial charge in [-0.2, -0.15) is 0 Å². The molecule has 3 aliphatic heterocycles. The average molecular weight is 556 g/mol. The standard InChI is InChI=1S/C26H22FN3O6S2/c27-14-5-7-15(8-6-14)30-24(32)20-19(21-23(28-26(34)38-21)37-22(20)25(30)33)16-3-1-2-4-17(16)36-13-18(31)29-9-11-35-12-10-29/h1-8,19-20,22H,9-13H2,(H,28,34)/t19-,20?,22?/m1/s1. The molecular weight excluding hydrogens is 533 g/mol. The maximum Gasteiger partial charge on any atom is 0.305 e. The summed E-state index contributed by atoms with van der Waals surface area (Å²) in [5, 5.41) is -0.258. The zero-order chi connectivity index (χ0) is 26.4. The molecular formula is C26H22FN3O6S2. The van der Waals surface area contributed by atoms with Gasteiger partial charge in [-0.25, -0.2) is 9.29 Å². The van der Waals surface area contributed by atoms with E-state index in [0.29, 0.717) is 47.5 Å². The molecule has 12 heteroatoms. The smallest absolute Gasteiger partial charge is 0.305 e. The summed E-state index contributed by atoms with van der Waals surface area (Å²) >= 11 is 2.15. The number of ether oxygens (including phenoxy) is 2. The average Bonchev–Trinajstić information content (AvgIpc) is 3.43. The number of morpholine rings is 1. The number of fused-ring (bicyclic) bond motifs is 2. The number of carbonyl (C=O) groups excluding carboxylic acids is 3.